The number of nitrogens with two attached hydrogens (primary N) is 2. The molecule has 0 radical (unpaired) electrons. The van der Waals surface area contributed by atoms with Crippen LogP contribution in [0.15, 0.2) is 24.5 Å². The van der Waals surface area contributed by atoms with Gasteiger partial charge in [0.05, 0.1) is 11.8 Å². The van der Waals surface area contributed by atoms with E-state index in [9.17, 15) is 19.2 Å². The highest BCUT2D eigenvalue weighted by molar-refractivity contribution is 5.98. The van der Waals surface area contributed by atoms with Crippen molar-refractivity contribution < 1.29 is 14.0 Å². The average molecular weight is 492 g/mol. The molecule has 1 aliphatic heterocycles. The van der Waals surface area contributed by atoms with Crippen LogP contribution in [-0.2, 0) is 0 Å². The predicted octanol–water partition coefficient (Wildman–Crippen LogP) is 1.27. The van der Waals surface area contributed by atoms with Gasteiger partial charge < -0.3 is 16.8 Å². The Morgan fingerprint density at radius 2 is 2.00 bits per heavy atom. The van der Waals surface area contributed by atoms with Crippen LogP contribution in [0.25, 0.3) is 17.1 Å². The number of anilines is 1. The van der Waals surface area contributed by atoms with Gasteiger partial charge in [-0.25, -0.2) is 19.0 Å². The Morgan fingerprint density at radius 1 is 1.28 bits per heavy atom. The van der Waals surface area contributed by atoms with Crippen LogP contribution < -0.4 is 16.8 Å². The number of alkyl halides is 1. The summed E-state index contributed by atoms with van der Waals surface area (Å²) in [6, 6.07) is 5.50. The quantitative estimate of drug-likeness (QED) is 0.444. The van der Waals surface area contributed by atoms with Crippen molar-refractivity contribution in [1.29, 1.82) is 5.26 Å². The van der Waals surface area contributed by atoms with Gasteiger partial charge in [0.15, 0.2) is 17.3 Å². The summed E-state index contributed by atoms with van der Waals surface area (Å²) < 4.78 is 14.6. The Balaban J connectivity index is 1.61. The van der Waals surface area contributed by atoms with Crippen molar-refractivity contribution in [1.82, 2.24) is 30.0 Å². The van der Waals surface area contributed by atoms with E-state index in [-0.39, 0.29) is 34.5 Å². The molecule has 0 saturated carbocycles. The fourth-order valence-electron chi connectivity index (χ4n) is 4.32. The lowest BCUT2D eigenvalue weighted by atomic mass is 9.96. The number of nitrogen functional groups attached to an aromatic ring is 1. The van der Waals surface area contributed by atoms with Crippen LogP contribution in [0.5, 0.6) is 0 Å². The number of halogens is 1. The maximum absolute atomic E-state index is 13.3. The maximum Gasteiger partial charge on any atom is 0.251 e. The number of benzene rings is 1. The average Bonchev–Trinajstić information content (AvgIpc) is 3.47. The molecule has 2 amide bonds. The highest BCUT2D eigenvalue weighted by Crippen LogP contribution is 2.28. The molecule has 12 heteroatoms. The second-order valence-electron chi connectivity index (χ2n) is 8.71. The zero-order chi connectivity index (χ0) is 26.0. The standard InChI is InChI=1S/C24H26FN9O2/c1-13-7-15(8-14(2)19(13)24(36)29-4-6-33-5-3-17(25)12-33)20-18(9-26)31-21(27)23(32-20)34-11-16(10-30-34)22(28)35/h7-8,10-11,17H,3-6,12H2,1-2H3,(H2,27,31)(H2,28,35)(H,29,36)/t17-/m1/s1. The monoisotopic (exact) mass is 491 g/mol. The van der Waals surface area contributed by atoms with Crippen molar-refractivity contribution in [3.05, 3.63) is 52.5 Å². The molecule has 186 valence electrons. The number of primary amides is 1. The number of nitrogens with zero attached hydrogens (tertiary/aromatic N) is 6. The van der Waals surface area contributed by atoms with E-state index in [1.165, 1.54) is 17.1 Å². The topological polar surface area (TPSA) is 169 Å². The largest absolute Gasteiger partial charge is 0.381 e. The van der Waals surface area contributed by atoms with E-state index in [4.69, 9.17) is 11.5 Å². The second-order valence-corrected chi connectivity index (χ2v) is 8.71. The number of hydrogen-bond acceptors (Lipinski definition) is 8. The van der Waals surface area contributed by atoms with Gasteiger partial charge in [0.1, 0.15) is 17.9 Å². The molecule has 3 aromatic rings. The molecule has 36 heavy (non-hydrogen) atoms. The van der Waals surface area contributed by atoms with Gasteiger partial charge in [-0.3, -0.25) is 14.5 Å². The van der Waals surface area contributed by atoms with Gasteiger partial charge >= 0.3 is 0 Å². The number of rotatable bonds is 7. The lowest BCUT2D eigenvalue weighted by Gasteiger charge is -2.17. The first-order valence-electron chi connectivity index (χ1n) is 11.4. The minimum absolute atomic E-state index is 0.00585. The predicted molar refractivity (Wildman–Crippen MR) is 130 cm³/mol. The molecule has 0 unspecified atom stereocenters. The molecule has 1 aliphatic rings. The number of carbonyl (C=O) groups is 2. The Kier molecular flexibility index (Phi) is 6.93. The molecule has 11 nitrogen and oxygen atoms in total. The van der Waals surface area contributed by atoms with E-state index in [2.05, 4.69) is 20.4 Å². The van der Waals surface area contributed by atoms with Crippen LogP contribution in [0.3, 0.4) is 0 Å². The zero-order valence-corrected chi connectivity index (χ0v) is 20.0. The fourth-order valence-corrected chi connectivity index (χ4v) is 4.32. The number of carbonyl (C=O) groups excluding carboxylic acids is 2. The van der Waals surface area contributed by atoms with Gasteiger partial charge in [-0.2, -0.15) is 10.4 Å². The molecule has 1 aromatic carbocycles. The maximum atomic E-state index is 13.3. The Bertz CT molecular complexity index is 1360. The van der Waals surface area contributed by atoms with E-state index in [0.717, 1.165) is 0 Å². The number of hydrogen-bond donors (Lipinski definition) is 3. The van der Waals surface area contributed by atoms with Crippen molar-refractivity contribution in [2.45, 2.75) is 26.4 Å². The highest BCUT2D eigenvalue weighted by Gasteiger charge is 2.22. The number of nitriles is 1. The normalized spacial score (nSPS) is 15.6. The molecule has 1 saturated heterocycles. The van der Waals surface area contributed by atoms with Crippen LogP contribution in [0.1, 0.15) is 44.0 Å². The van der Waals surface area contributed by atoms with Gasteiger partial charge in [0, 0.05) is 43.5 Å². The smallest absolute Gasteiger partial charge is 0.251 e. The summed E-state index contributed by atoms with van der Waals surface area (Å²) in [6.45, 7) is 5.68. The minimum atomic E-state index is -0.800. The molecule has 1 atom stereocenters. The molecule has 0 aliphatic carbocycles. The van der Waals surface area contributed by atoms with E-state index in [1.54, 1.807) is 26.0 Å². The molecule has 2 aromatic heterocycles. The number of likely N-dealkylation sites (tertiary alicyclic amines) is 1. The summed E-state index contributed by atoms with van der Waals surface area (Å²) in [5.41, 5.74) is 14.2. The van der Waals surface area contributed by atoms with Gasteiger partial charge in [-0.05, 0) is 43.5 Å². The third-order valence-electron chi connectivity index (χ3n) is 6.06. The van der Waals surface area contributed by atoms with Crippen molar-refractivity contribution in [3.63, 3.8) is 0 Å². The zero-order valence-electron chi connectivity index (χ0n) is 20.0. The Morgan fingerprint density at radius 3 is 2.58 bits per heavy atom. The fraction of sp³-hybridized carbons (Fsp3) is 0.333. The minimum Gasteiger partial charge on any atom is -0.381 e. The van der Waals surface area contributed by atoms with Crippen molar-refractivity contribution in [2.75, 3.05) is 31.9 Å². The van der Waals surface area contributed by atoms with E-state index in [1.807, 2.05) is 11.0 Å². The van der Waals surface area contributed by atoms with Crippen molar-refractivity contribution in [3.8, 4) is 23.1 Å². The van der Waals surface area contributed by atoms with Gasteiger partial charge in [0.25, 0.3) is 11.8 Å². The molecule has 3 heterocycles. The molecule has 0 bridgehead atoms. The molecular formula is C24H26FN9O2. The second kappa shape index (κ2) is 10.1. The number of nitrogens with one attached hydrogen (secondary N) is 1. The third-order valence-corrected chi connectivity index (χ3v) is 6.06. The van der Waals surface area contributed by atoms with Gasteiger partial charge in [-0.1, -0.05) is 0 Å². The van der Waals surface area contributed by atoms with E-state index in [0.29, 0.717) is 54.9 Å². The molecular weight excluding hydrogens is 465 g/mol. The van der Waals surface area contributed by atoms with Crippen LogP contribution in [0, 0.1) is 25.2 Å². The number of aryl methyl sites for hydroxylation is 2. The molecule has 5 N–H and O–H groups in total. The summed E-state index contributed by atoms with van der Waals surface area (Å²) in [6.07, 6.45) is 2.38. The lowest BCUT2D eigenvalue weighted by molar-refractivity contribution is 0.0947. The first-order chi connectivity index (χ1) is 17.2. The van der Waals surface area contributed by atoms with Crippen LogP contribution in [0.2, 0.25) is 0 Å². The summed E-state index contributed by atoms with van der Waals surface area (Å²) >= 11 is 0. The SMILES string of the molecule is Cc1cc(-c2nc(-n3cc(C(N)=O)cn3)c(N)nc2C#N)cc(C)c1C(=O)NCCN1CC[C@@H](F)C1. The summed E-state index contributed by atoms with van der Waals surface area (Å²) in [7, 11) is 0. The highest BCUT2D eigenvalue weighted by atomic mass is 19.1. The third kappa shape index (κ3) is 5.01. The molecule has 4 rings (SSSR count). The molecule has 0 spiro atoms. The first-order valence-corrected chi connectivity index (χ1v) is 11.4. The Hall–Kier alpha value is -4.37. The van der Waals surface area contributed by atoms with Crippen LogP contribution >= 0.6 is 0 Å². The Labute approximate surface area is 206 Å². The van der Waals surface area contributed by atoms with Gasteiger partial charge in [-0.15, -0.1) is 0 Å². The summed E-state index contributed by atoms with van der Waals surface area (Å²) in [5.74, 6) is -0.802. The lowest BCUT2D eigenvalue weighted by Crippen LogP contribution is -2.34. The molecule has 1 fully saturated rings. The first kappa shape index (κ1) is 24.7. The summed E-state index contributed by atoms with van der Waals surface area (Å²) in [5, 5.41) is 16.6. The van der Waals surface area contributed by atoms with Crippen LogP contribution in [-0.4, -0.2) is 68.8 Å². The van der Waals surface area contributed by atoms with Crippen LogP contribution in [0.4, 0.5) is 10.2 Å². The summed E-state index contributed by atoms with van der Waals surface area (Å²) in [4.78, 5) is 35.0. The number of aromatic nitrogens is 4. The van der Waals surface area contributed by atoms with Crippen molar-refractivity contribution in [2.24, 2.45) is 5.73 Å². The van der Waals surface area contributed by atoms with Crippen molar-refractivity contribution >= 4 is 17.6 Å². The van der Waals surface area contributed by atoms with E-state index < -0.39 is 12.1 Å². The van der Waals surface area contributed by atoms with Gasteiger partial charge in [0.2, 0.25) is 0 Å². The van der Waals surface area contributed by atoms with E-state index >= 15 is 0 Å². The number of amides is 2.